The highest BCUT2D eigenvalue weighted by Gasteiger charge is 2.03. The molecule has 0 fully saturated rings. The first-order valence-corrected chi connectivity index (χ1v) is 6.84. The molecule has 0 spiro atoms. The third kappa shape index (κ3) is 3.91. The Labute approximate surface area is 111 Å². The molecule has 0 radical (unpaired) electrons. The molecule has 0 unspecified atom stereocenters. The van der Waals surface area contributed by atoms with Gasteiger partial charge in [-0.25, -0.2) is 4.98 Å². The monoisotopic (exact) mass is 263 g/mol. The van der Waals surface area contributed by atoms with Crippen LogP contribution in [0.2, 0.25) is 0 Å². The summed E-state index contributed by atoms with van der Waals surface area (Å²) in [4.78, 5) is 4.61. The summed E-state index contributed by atoms with van der Waals surface area (Å²) >= 11 is 1.69. The Morgan fingerprint density at radius 1 is 1.11 bits per heavy atom. The van der Waals surface area contributed by atoms with Crippen LogP contribution in [0, 0.1) is 0 Å². The van der Waals surface area contributed by atoms with Gasteiger partial charge in [0.1, 0.15) is 0 Å². The molecule has 0 aliphatic rings. The van der Waals surface area contributed by atoms with Crippen LogP contribution in [0.3, 0.4) is 0 Å². The van der Waals surface area contributed by atoms with Crippen LogP contribution >= 0.6 is 11.3 Å². The summed E-state index contributed by atoms with van der Waals surface area (Å²) < 4.78 is 10.4. The average molecular weight is 263 g/mol. The van der Waals surface area contributed by atoms with Crippen molar-refractivity contribution in [2.75, 3.05) is 26.9 Å². The number of methoxy groups -OCH3 is 1. The first-order chi connectivity index (χ1) is 8.90. The second-order valence-electron chi connectivity index (χ2n) is 3.85. The largest absolute Gasteiger partial charge is 0.382 e. The molecule has 0 N–H and O–H groups in total. The van der Waals surface area contributed by atoms with Crippen LogP contribution in [0.5, 0.6) is 0 Å². The van der Waals surface area contributed by atoms with Gasteiger partial charge in [0.25, 0.3) is 0 Å². The van der Waals surface area contributed by atoms with E-state index in [1.165, 1.54) is 5.56 Å². The predicted molar refractivity (Wildman–Crippen MR) is 73.9 cm³/mol. The highest BCUT2D eigenvalue weighted by Crippen LogP contribution is 2.21. The van der Waals surface area contributed by atoms with Gasteiger partial charge in [-0.15, -0.1) is 11.3 Å². The highest BCUT2D eigenvalue weighted by molar-refractivity contribution is 7.09. The van der Waals surface area contributed by atoms with Gasteiger partial charge in [-0.3, -0.25) is 0 Å². The SMILES string of the molecule is COCCOCCc1nc(-c2ccccc2)cs1. The zero-order chi connectivity index (χ0) is 12.6. The molecule has 3 nitrogen and oxygen atoms in total. The van der Waals surface area contributed by atoms with Crippen molar-refractivity contribution in [3.8, 4) is 11.3 Å². The number of nitrogens with zero attached hydrogens (tertiary/aromatic N) is 1. The molecule has 96 valence electrons. The van der Waals surface area contributed by atoms with E-state index >= 15 is 0 Å². The summed E-state index contributed by atoms with van der Waals surface area (Å²) in [6, 6.07) is 10.2. The van der Waals surface area contributed by atoms with Gasteiger partial charge in [0.15, 0.2) is 0 Å². The van der Waals surface area contributed by atoms with Gasteiger partial charge in [0, 0.05) is 24.5 Å². The summed E-state index contributed by atoms with van der Waals surface area (Å²) in [7, 11) is 1.68. The van der Waals surface area contributed by atoms with E-state index in [4.69, 9.17) is 9.47 Å². The first-order valence-electron chi connectivity index (χ1n) is 5.96. The lowest BCUT2D eigenvalue weighted by molar-refractivity contribution is 0.0722. The quantitative estimate of drug-likeness (QED) is 0.720. The minimum Gasteiger partial charge on any atom is -0.382 e. The molecule has 0 bridgehead atoms. The lowest BCUT2D eigenvalue weighted by Gasteiger charge is -2.01. The Bertz CT molecular complexity index is 456. The number of ether oxygens (including phenoxy) is 2. The molecule has 0 amide bonds. The molecule has 0 aliphatic heterocycles. The van der Waals surface area contributed by atoms with E-state index < -0.39 is 0 Å². The van der Waals surface area contributed by atoms with E-state index in [0.717, 1.165) is 17.1 Å². The standard InChI is InChI=1S/C14H17NO2S/c1-16-9-10-17-8-7-14-15-13(11-18-14)12-5-3-2-4-6-12/h2-6,11H,7-10H2,1H3. The van der Waals surface area contributed by atoms with Crippen molar-refractivity contribution in [1.82, 2.24) is 4.98 Å². The van der Waals surface area contributed by atoms with Gasteiger partial charge >= 0.3 is 0 Å². The van der Waals surface area contributed by atoms with Crippen molar-refractivity contribution in [2.45, 2.75) is 6.42 Å². The molecule has 0 saturated heterocycles. The minimum absolute atomic E-state index is 0.646. The maximum Gasteiger partial charge on any atom is 0.0955 e. The minimum atomic E-state index is 0.646. The zero-order valence-electron chi connectivity index (χ0n) is 10.5. The predicted octanol–water partition coefficient (Wildman–Crippen LogP) is 3.02. The van der Waals surface area contributed by atoms with E-state index in [0.29, 0.717) is 19.8 Å². The van der Waals surface area contributed by atoms with E-state index in [1.807, 2.05) is 18.2 Å². The van der Waals surface area contributed by atoms with E-state index in [9.17, 15) is 0 Å². The molecule has 0 saturated carbocycles. The molecule has 1 heterocycles. The van der Waals surface area contributed by atoms with Crippen LogP contribution in [0.25, 0.3) is 11.3 Å². The fourth-order valence-electron chi connectivity index (χ4n) is 1.57. The molecule has 4 heteroatoms. The molecule has 2 aromatic rings. The van der Waals surface area contributed by atoms with E-state index in [2.05, 4.69) is 22.5 Å². The Hall–Kier alpha value is -1.23. The van der Waals surface area contributed by atoms with Crippen molar-refractivity contribution in [1.29, 1.82) is 0 Å². The van der Waals surface area contributed by atoms with E-state index in [-0.39, 0.29) is 0 Å². The molecule has 1 aromatic carbocycles. The highest BCUT2D eigenvalue weighted by atomic mass is 32.1. The number of hydrogen-bond acceptors (Lipinski definition) is 4. The van der Waals surface area contributed by atoms with Crippen LogP contribution in [0.1, 0.15) is 5.01 Å². The Morgan fingerprint density at radius 2 is 1.94 bits per heavy atom. The average Bonchev–Trinajstić information content (AvgIpc) is 2.88. The second-order valence-corrected chi connectivity index (χ2v) is 4.79. The van der Waals surface area contributed by atoms with Crippen LogP contribution < -0.4 is 0 Å². The number of rotatable bonds is 7. The molecular formula is C14H17NO2S. The zero-order valence-corrected chi connectivity index (χ0v) is 11.3. The Morgan fingerprint density at radius 3 is 2.72 bits per heavy atom. The van der Waals surface area contributed by atoms with Crippen LogP contribution in [0.15, 0.2) is 35.7 Å². The molecule has 2 rings (SSSR count). The summed E-state index contributed by atoms with van der Waals surface area (Å²) in [5.74, 6) is 0. The summed E-state index contributed by atoms with van der Waals surface area (Å²) in [6.45, 7) is 1.99. The Kier molecular flexibility index (Phi) is 5.33. The topological polar surface area (TPSA) is 31.4 Å². The molecule has 1 aromatic heterocycles. The molecule has 18 heavy (non-hydrogen) atoms. The Balaban J connectivity index is 1.83. The van der Waals surface area contributed by atoms with Gasteiger partial charge in [-0.2, -0.15) is 0 Å². The number of benzene rings is 1. The summed E-state index contributed by atoms with van der Waals surface area (Å²) in [6.07, 6.45) is 0.862. The van der Waals surface area contributed by atoms with Crippen LogP contribution in [-0.2, 0) is 15.9 Å². The van der Waals surface area contributed by atoms with Crippen molar-refractivity contribution in [3.05, 3.63) is 40.7 Å². The number of hydrogen-bond donors (Lipinski definition) is 0. The third-order valence-corrected chi connectivity index (χ3v) is 3.42. The van der Waals surface area contributed by atoms with Gasteiger partial charge < -0.3 is 9.47 Å². The van der Waals surface area contributed by atoms with Crippen molar-refractivity contribution < 1.29 is 9.47 Å². The van der Waals surface area contributed by atoms with Crippen molar-refractivity contribution in [2.24, 2.45) is 0 Å². The van der Waals surface area contributed by atoms with Gasteiger partial charge in [-0.05, 0) is 0 Å². The number of aromatic nitrogens is 1. The molecule has 0 aliphatic carbocycles. The van der Waals surface area contributed by atoms with Crippen molar-refractivity contribution in [3.63, 3.8) is 0 Å². The molecule has 0 atom stereocenters. The van der Waals surface area contributed by atoms with Crippen LogP contribution in [0.4, 0.5) is 0 Å². The molecular weight excluding hydrogens is 246 g/mol. The lowest BCUT2D eigenvalue weighted by Crippen LogP contribution is -2.04. The van der Waals surface area contributed by atoms with Crippen LogP contribution in [-0.4, -0.2) is 31.9 Å². The van der Waals surface area contributed by atoms with E-state index in [1.54, 1.807) is 18.4 Å². The summed E-state index contributed by atoms with van der Waals surface area (Å²) in [5, 5.41) is 3.21. The van der Waals surface area contributed by atoms with Gasteiger partial charge in [0.05, 0.1) is 30.5 Å². The maximum absolute atomic E-state index is 5.43. The fraction of sp³-hybridized carbons (Fsp3) is 0.357. The van der Waals surface area contributed by atoms with Gasteiger partial charge in [-0.1, -0.05) is 30.3 Å². The fourth-order valence-corrected chi connectivity index (χ4v) is 2.36. The third-order valence-electron chi connectivity index (χ3n) is 2.51. The summed E-state index contributed by atoms with van der Waals surface area (Å²) in [5.41, 5.74) is 2.22. The second kappa shape index (κ2) is 7.26. The first kappa shape index (κ1) is 13.2. The van der Waals surface area contributed by atoms with Gasteiger partial charge in [0.2, 0.25) is 0 Å². The lowest BCUT2D eigenvalue weighted by atomic mass is 10.2. The van der Waals surface area contributed by atoms with Crippen molar-refractivity contribution >= 4 is 11.3 Å². The number of thiazole rings is 1. The maximum atomic E-state index is 5.43. The normalized spacial score (nSPS) is 10.7. The smallest absolute Gasteiger partial charge is 0.0955 e.